The summed E-state index contributed by atoms with van der Waals surface area (Å²) >= 11 is 0. The molecule has 2 aromatic heterocycles. The molecule has 6 nitrogen and oxygen atoms in total. The molecular formula is C19H29N5O. The molecule has 2 aromatic rings. The SMILES string of the molecule is CCNC(=NCc1cc(C(CC)CC)no1)NCCc1cccnc1. The number of aromatic nitrogens is 2. The van der Waals surface area contributed by atoms with Gasteiger partial charge in [0.1, 0.15) is 6.54 Å². The molecule has 0 bridgehead atoms. The molecule has 0 saturated carbocycles. The summed E-state index contributed by atoms with van der Waals surface area (Å²) in [7, 11) is 0. The Bertz CT molecular complexity index is 634. The molecule has 2 rings (SSSR count). The van der Waals surface area contributed by atoms with Crippen LogP contribution in [0.4, 0.5) is 0 Å². The summed E-state index contributed by atoms with van der Waals surface area (Å²) in [6, 6.07) is 6.06. The van der Waals surface area contributed by atoms with E-state index in [1.54, 1.807) is 6.20 Å². The molecule has 6 heteroatoms. The zero-order valence-corrected chi connectivity index (χ0v) is 15.5. The Morgan fingerprint density at radius 2 is 2.08 bits per heavy atom. The van der Waals surface area contributed by atoms with Crippen LogP contribution in [0.15, 0.2) is 40.1 Å². The van der Waals surface area contributed by atoms with E-state index in [2.05, 4.69) is 52.6 Å². The van der Waals surface area contributed by atoms with E-state index >= 15 is 0 Å². The van der Waals surface area contributed by atoms with Gasteiger partial charge in [0.25, 0.3) is 0 Å². The minimum Gasteiger partial charge on any atom is -0.359 e. The Morgan fingerprint density at radius 3 is 2.76 bits per heavy atom. The number of guanidine groups is 1. The van der Waals surface area contributed by atoms with Crippen molar-refractivity contribution in [1.82, 2.24) is 20.8 Å². The van der Waals surface area contributed by atoms with E-state index in [-0.39, 0.29) is 0 Å². The predicted molar refractivity (Wildman–Crippen MR) is 101 cm³/mol. The fourth-order valence-corrected chi connectivity index (χ4v) is 2.67. The first-order valence-electron chi connectivity index (χ1n) is 9.13. The van der Waals surface area contributed by atoms with Crippen LogP contribution in [0, 0.1) is 0 Å². The molecule has 0 aliphatic heterocycles. The molecule has 0 spiro atoms. The average molecular weight is 343 g/mol. The van der Waals surface area contributed by atoms with E-state index in [4.69, 9.17) is 4.52 Å². The van der Waals surface area contributed by atoms with Crippen LogP contribution in [-0.4, -0.2) is 29.2 Å². The Morgan fingerprint density at radius 1 is 1.24 bits per heavy atom. The minimum absolute atomic E-state index is 0.465. The third-order valence-corrected chi connectivity index (χ3v) is 4.15. The lowest BCUT2D eigenvalue weighted by Gasteiger charge is -2.10. The second kappa shape index (κ2) is 10.5. The number of pyridine rings is 1. The van der Waals surface area contributed by atoms with Gasteiger partial charge in [0.15, 0.2) is 11.7 Å². The zero-order chi connectivity index (χ0) is 17.9. The Balaban J connectivity index is 1.88. The highest BCUT2D eigenvalue weighted by atomic mass is 16.5. The maximum Gasteiger partial charge on any atom is 0.191 e. The largest absolute Gasteiger partial charge is 0.359 e. The van der Waals surface area contributed by atoms with Gasteiger partial charge in [-0.25, -0.2) is 4.99 Å². The van der Waals surface area contributed by atoms with E-state index in [9.17, 15) is 0 Å². The molecule has 0 radical (unpaired) electrons. The van der Waals surface area contributed by atoms with Crippen LogP contribution in [0.3, 0.4) is 0 Å². The van der Waals surface area contributed by atoms with Crippen molar-refractivity contribution in [1.29, 1.82) is 0 Å². The second-order valence-corrected chi connectivity index (χ2v) is 5.96. The number of rotatable bonds is 9. The molecule has 0 saturated heterocycles. The fourth-order valence-electron chi connectivity index (χ4n) is 2.67. The lowest BCUT2D eigenvalue weighted by atomic mass is 9.99. The second-order valence-electron chi connectivity index (χ2n) is 5.96. The number of nitrogens with zero attached hydrogens (tertiary/aromatic N) is 3. The van der Waals surface area contributed by atoms with Gasteiger partial charge in [0, 0.05) is 37.5 Å². The van der Waals surface area contributed by atoms with Crippen molar-refractivity contribution in [2.45, 2.75) is 52.5 Å². The highest BCUT2D eigenvalue weighted by Gasteiger charge is 2.12. The average Bonchev–Trinajstić information content (AvgIpc) is 3.10. The molecule has 0 aliphatic rings. The van der Waals surface area contributed by atoms with Gasteiger partial charge in [-0.3, -0.25) is 4.98 Å². The van der Waals surface area contributed by atoms with Crippen molar-refractivity contribution in [3.63, 3.8) is 0 Å². The minimum atomic E-state index is 0.465. The van der Waals surface area contributed by atoms with Crippen molar-refractivity contribution in [3.8, 4) is 0 Å². The Hall–Kier alpha value is -2.37. The first-order valence-corrected chi connectivity index (χ1v) is 9.13. The molecule has 0 amide bonds. The molecule has 0 aromatic carbocycles. The van der Waals surface area contributed by atoms with E-state index in [0.717, 1.165) is 49.8 Å². The van der Waals surface area contributed by atoms with Crippen LogP contribution in [0.5, 0.6) is 0 Å². The van der Waals surface area contributed by atoms with Gasteiger partial charge >= 0.3 is 0 Å². The lowest BCUT2D eigenvalue weighted by molar-refractivity contribution is 0.372. The topological polar surface area (TPSA) is 75.3 Å². The van der Waals surface area contributed by atoms with Crippen molar-refractivity contribution in [3.05, 3.63) is 47.6 Å². The highest BCUT2D eigenvalue weighted by molar-refractivity contribution is 5.79. The fraction of sp³-hybridized carbons (Fsp3) is 0.526. The lowest BCUT2D eigenvalue weighted by Crippen LogP contribution is -2.38. The smallest absolute Gasteiger partial charge is 0.191 e. The molecule has 0 atom stereocenters. The van der Waals surface area contributed by atoms with E-state index < -0.39 is 0 Å². The third kappa shape index (κ3) is 6.21. The standard InChI is InChI=1S/C19H29N5O/c1-4-16(5-2)18-12-17(25-24-18)14-23-19(21-6-3)22-11-9-15-8-7-10-20-13-15/h7-8,10,12-13,16H,4-6,9,11,14H2,1-3H3,(H2,21,22,23). The Kier molecular flexibility index (Phi) is 7.95. The number of hydrogen-bond donors (Lipinski definition) is 2. The van der Waals surface area contributed by atoms with Crippen molar-refractivity contribution >= 4 is 5.96 Å². The van der Waals surface area contributed by atoms with Gasteiger partial charge in [0.05, 0.1) is 5.69 Å². The first kappa shape index (κ1) is 19.0. The summed E-state index contributed by atoms with van der Waals surface area (Å²) in [5.74, 6) is 2.05. The van der Waals surface area contributed by atoms with Crippen LogP contribution >= 0.6 is 0 Å². The van der Waals surface area contributed by atoms with Crippen LogP contribution in [0.1, 0.15) is 56.5 Å². The summed E-state index contributed by atoms with van der Waals surface area (Å²) < 4.78 is 5.43. The summed E-state index contributed by atoms with van der Waals surface area (Å²) in [5.41, 5.74) is 2.24. The first-order chi connectivity index (χ1) is 12.3. The highest BCUT2D eigenvalue weighted by Crippen LogP contribution is 2.22. The molecular weight excluding hydrogens is 314 g/mol. The van der Waals surface area contributed by atoms with Crippen LogP contribution in [0.25, 0.3) is 0 Å². The monoisotopic (exact) mass is 343 g/mol. The van der Waals surface area contributed by atoms with E-state index in [1.807, 2.05) is 18.3 Å². The van der Waals surface area contributed by atoms with Gasteiger partial charge < -0.3 is 15.2 Å². The summed E-state index contributed by atoms with van der Waals surface area (Å²) in [6.45, 7) is 8.50. The molecule has 2 heterocycles. The number of hydrogen-bond acceptors (Lipinski definition) is 4. The van der Waals surface area contributed by atoms with Crippen molar-refractivity contribution < 1.29 is 4.52 Å². The van der Waals surface area contributed by atoms with Gasteiger partial charge in [0.2, 0.25) is 0 Å². The molecule has 2 N–H and O–H groups in total. The van der Waals surface area contributed by atoms with Crippen molar-refractivity contribution in [2.24, 2.45) is 4.99 Å². The summed E-state index contributed by atoms with van der Waals surface area (Å²) in [4.78, 5) is 8.72. The van der Waals surface area contributed by atoms with E-state index in [1.165, 1.54) is 5.56 Å². The van der Waals surface area contributed by atoms with Crippen LogP contribution in [-0.2, 0) is 13.0 Å². The molecule has 25 heavy (non-hydrogen) atoms. The maximum atomic E-state index is 5.43. The van der Waals surface area contributed by atoms with Crippen LogP contribution in [0.2, 0.25) is 0 Å². The molecule has 136 valence electrons. The molecule has 0 fully saturated rings. The Labute approximate surface area is 150 Å². The van der Waals surface area contributed by atoms with Crippen LogP contribution < -0.4 is 10.6 Å². The van der Waals surface area contributed by atoms with Crippen molar-refractivity contribution in [2.75, 3.05) is 13.1 Å². The van der Waals surface area contributed by atoms with Gasteiger partial charge in [-0.15, -0.1) is 0 Å². The van der Waals surface area contributed by atoms with E-state index in [0.29, 0.717) is 12.5 Å². The summed E-state index contributed by atoms with van der Waals surface area (Å²) in [5, 5.41) is 10.8. The zero-order valence-electron chi connectivity index (χ0n) is 15.5. The predicted octanol–water partition coefficient (Wildman–Crippen LogP) is 3.27. The molecule has 0 aliphatic carbocycles. The maximum absolute atomic E-state index is 5.43. The third-order valence-electron chi connectivity index (χ3n) is 4.15. The van der Waals surface area contributed by atoms with Gasteiger partial charge in [-0.2, -0.15) is 0 Å². The quantitative estimate of drug-likeness (QED) is 0.540. The van der Waals surface area contributed by atoms with Gasteiger partial charge in [-0.1, -0.05) is 25.1 Å². The van der Waals surface area contributed by atoms with Gasteiger partial charge in [-0.05, 0) is 37.8 Å². The number of aliphatic imine (C=N–C) groups is 1. The molecule has 0 unspecified atom stereocenters. The normalized spacial score (nSPS) is 11.8. The summed E-state index contributed by atoms with van der Waals surface area (Å²) in [6.07, 6.45) is 6.73. The number of nitrogens with one attached hydrogen (secondary N) is 2.